The highest BCUT2D eigenvalue weighted by Crippen LogP contribution is 2.24. The van der Waals surface area contributed by atoms with Crippen LogP contribution in [0.3, 0.4) is 0 Å². The van der Waals surface area contributed by atoms with Gasteiger partial charge in [-0.15, -0.1) is 0 Å². The van der Waals surface area contributed by atoms with Gasteiger partial charge in [0.1, 0.15) is 0 Å². The number of anilines is 1. The third kappa shape index (κ3) is 4.23. The minimum atomic E-state index is -3.77. The van der Waals surface area contributed by atoms with E-state index in [-0.39, 0.29) is 10.8 Å². The highest BCUT2D eigenvalue weighted by atomic mass is 32.2. The third-order valence-corrected chi connectivity index (χ3v) is 5.79. The van der Waals surface area contributed by atoms with E-state index in [9.17, 15) is 13.2 Å². The summed E-state index contributed by atoms with van der Waals surface area (Å²) in [5.74, 6) is -0.187. The molecule has 5 nitrogen and oxygen atoms in total. The summed E-state index contributed by atoms with van der Waals surface area (Å²) in [5.41, 5.74) is 3.51. The molecule has 0 radical (unpaired) electrons. The molecule has 0 aliphatic carbocycles. The van der Waals surface area contributed by atoms with E-state index in [0.717, 1.165) is 16.7 Å². The molecule has 0 aromatic heterocycles. The van der Waals surface area contributed by atoms with Crippen molar-refractivity contribution in [3.63, 3.8) is 0 Å². The fourth-order valence-electron chi connectivity index (χ4n) is 2.78. The summed E-state index contributed by atoms with van der Waals surface area (Å²) >= 11 is 0. The van der Waals surface area contributed by atoms with Crippen molar-refractivity contribution in [3.05, 3.63) is 83.9 Å². The summed E-state index contributed by atoms with van der Waals surface area (Å²) in [7, 11) is -0.466. The summed E-state index contributed by atoms with van der Waals surface area (Å²) in [6.07, 6.45) is 0. The molecule has 28 heavy (non-hydrogen) atoms. The van der Waals surface area contributed by atoms with Gasteiger partial charge in [0.2, 0.25) is 0 Å². The summed E-state index contributed by atoms with van der Waals surface area (Å²) < 4.78 is 28.2. The number of hydrogen-bond acceptors (Lipinski definition) is 3. The van der Waals surface area contributed by atoms with Gasteiger partial charge in [0, 0.05) is 19.7 Å². The zero-order valence-electron chi connectivity index (χ0n) is 16.0. The van der Waals surface area contributed by atoms with Gasteiger partial charge in [0.25, 0.3) is 15.9 Å². The first-order valence-electron chi connectivity index (χ1n) is 8.78. The molecular weight excluding hydrogens is 372 g/mol. The number of nitrogens with zero attached hydrogens (tertiary/aromatic N) is 1. The molecule has 3 rings (SSSR count). The molecule has 3 aromatic carbocycles. The van der Waals surface area contributed by atoms with E-state index >= 15 is 0 Å². The lowest BCUT2D eigenvalue weighted by Crippen LogP contribution is -2.22. The molecule has 0 atom stereocenters. The average Bonchev–Trinajstić information content (AvgIpc) is 2.69. The highest BCUT2D eigenvalue weighted by Gasteiger charge is 2.17. The Labute approximate surface area is 165 Å². The lowest BCUT2D eigenvalue weighted by molar-refractivity contribution is 0.0827. The van der Waals surface area contributed by atoms with Crippen molar-refractivity contribution < 1.29 is 13.2 Å². The summed E-state index contributed by atoms with van der Waals surface area (Å²) in [6, 6.07) is 21.4. The van der Waals surface area contributed by atoms with E-state index in [1.165, 1.54) is 4.90 Å². The molecule has 144 valence electrons. The molecule has 0 aliphatic heterocycles. The Morgan fingerprint density at radius 2 is 1.46 bits per heavy atom. The number of carbonyl (C=O) groups excluding carboxylic acids is 1. The number of hydrogen-bond donors (Lipinski definition) is 1. The molecule has 0 saturated carbocycles. The van der Waals surface area contributed by atoms with Crippen LogP contribution in [0.1, 0.15) is 15.9 Å². The van der Waals surface area contributed by atoms with Crippen LogP contribution in [0.2, 0.25) is 0 Å². The van der Waals surface area contributed by atoms with Crippen molar-refractivity contribution in [2.45, 2.75) is 11.8 Å². The second kappa shape index (κ2) is 7.86. The molecule has 0 aliphatic rings. The number of sulfonamides is 1. The Balaban J connectivity index is 1.88. The molecule has 0 fully saturated rings. The first kappa shape index (κ1) is 19.6. The third-order valence-electron chi connectivity index (χ3n) is 4.41. The van der Waals surface area contributed by atoms with Crippen LogP contribution >= 0.6 is 0 Å². The van der Waals surface area contributed by atoms with Crippen LogP contribution in [0, 0.1) is 6.92 Å². The van der Waals surface area contributed by atoms with Crippen molar-refractivity contribution in [2.24, 2.45) is 0 Å². The fourth-order valence-corrected chi connectivity index (χ4v) is 3.91. The lowest BCUT2D eigenvalue weighted by Gasteiger charge is -2.14. The van der Waals surface area contributed by atoms with Crippen molar-refractivity contribution in [3.8, 4) is 11.1 Å². The maximum atomic E-state index is 12.8. The van der Waals surface area contributed by atoms with Gasteiger partial charge in [0.15, 0.2) is 0 Å². The number of carbonyl (C=O) groups is 1. The minimum absolute atomic E-state index is 0.163. The number of nitrogens with one attached hydrogen (secondary N) is 1. The van der Waals surface area contributed by atoms with Gasteiger partial charge >= 0.3 is 0 Å². The van der Waals surface area contributed by atoms with Gasteiger partial charge in [-0.3, -0.25) is 9.52 Å². The van der Waals surface area contributed by atoms with Crippen LogP contribution in [-0.2, 0) is 10.0 Å². The van der Waals surface area contributed by atoms with Crippen LogP contribution in [0.25, 0.3) is 11.1 Å². The van der Waals surface area contributed by atoms with E-state index in [2.05, 4.69) is 4.72 Å². The molecule has 0 bridgehead atoms. The molecule has 0 unspecified atom stereocenters. The first-order valence-corrected chi connectivity index (χ1v) is 10.3. The lowest BCUT2D eigenvalue weighted by atomic mass is 10.1. The van der Waals surface area contributed by atoms with Gasteiger partial charge in [-0.2, -0.15) is 0 Å². The molecule has 6 heteroatoms. The van der Waals surface area contributed by atoms with Crippen molar-refractivity contribution in [1.29, 1.82) is 0 Å². The molecule has 1 N–H and O–H groups in total. The maximum Gasteiger partial charge on any atom is 0.261 e. The molecular formula is C22H22N2O3S. The van der Waals surface area contributed by atoms with Gasteiger partial charge < -0.3 is 4.90 Å². The predicted molar refractivity (Wildman–Crippen MR) is 112 cm³/mol. The SMILES string of the molecule is Cc1ccc(C(=O)N(C)C)cc1NS(=O)(=O)c1ccc(-c2ccccc2)cc1. The summed E-state index contributed by atoms with van der Waals surface area (Å²) in [4.78, 5) is 13.8. The van der Waals surface area contributed by atoms with Crippen LogP contribution in [0.4, 0.5) is 5.69 Å². The van der Waals surface area contributed by atoms with Crippen LogP contribution in [0.5, 0.6) is 0 Å². The Hall–Kier alpha value is -3.12. The Kier molecular flexibility index (Phi) is 5.51. The van der Waals surface area contributed by atoms with Crippen molar-refractivity contribution in [1.82, 2.24) is 4.90 Å². The molecule has 0 saturated heterocycles. The zero-order chi connectivity index (χ0) is 20.3. The maximum absolute atomic E-state index is 12.8. The Morgan fingerprint density at radius 3 is 2.07 bits per heavy atom. The van der Waals surface area contributed by atoms with Crippen LogP contribution in [0.15, 0.2) is 77.7 Å². The fraction of sp³-hybridized carbons (Fsp3) is 0.136. The van der Waals surface area contributed by atoms with Gasteiger partial charge in [-0.25, -0.2) is 8.42 Å². The molecule has 0 spiro atoms. The first-order chi connectivity index (χ1) is 13.3. The monoisotopic (exact) mass is 394 g/mol. The average molecular weight is 394 g/mol. The zero-order valence-corrected chi connectivity index (χ0v) is 16.8. The van der Waals surface area contributed by atoms with Gasteiger partial charge in [-0.1, -0.05) is 48.5 Å². The quantitative estimate of drug-likeness (QED) is 0.706. The van der Waals surface area contributed by atoms with E-state index in [1.807, 2.05) is 30.3 Å². The Bertz CT molecular complexity index is 1090. The second-order valence-electron chi connectivity index (χ2n) is 6.73. The minimum Gasteiger partial charge on any atom is -0.345 e. The van der Waals surface area contributed by atoms with E-state index < -0.39 is 10.0 Å². The second-order valence-corrected chi connectivity index (χ2v) is 8.41. The molecule has 1 amide bonds. The van der Waals surface area contributed by atoms with E-state index in [0.29, 0.717) is 11.3 Å². The standard InChI is InChI=1S/C22H22N2O3S/c1-16-9-10-19(22(25)24(2)3)15-21(16)23-28(26,27)20-13-11-18(12-14-20)17-7-5-4-6-8-17/h4-15,23H,1-3H3. The molecule has 0 heterocycles. The largest absolute Gasteiger partial charge is 0.345 e. The highest BCUT2D eigenvalue weighted by molar-refractivity contribution is 7.92. The van der Waals surface area contributed by atoms with Crippen molar-refractivity contribution in [2.75, 3.05) is 18.8 Å². The van der Waals surface area contributed by atoms with Gasteiger partial charge in [0.05, 0.1) is 10.6 Å². The van der Waals surface area contributed by atoms with E-state index in [4.69, 9.17) is 0 Å². The summed E-state index contributed by atoms with van der Waals surface area (Å²) in [5, 5.41) is 0. The topological polar surface area (TPSA) is 66.5 Å². The number of benzene rings is 3. The summed E-state index contributed by atoms with van der Waals surface area (Å²) in [6.45, 7) is 1.79. The number of amides is 1. The van der Waals surface area contributed by atoms with Crippen LogP contribution in [-0.4, -0.2) is 33.3 Å². The number of aryl methyl sites for hydroxylation is 1. The van der Waals surface area contributed by atoms with Gasteiger partial charge in [-0.05, 0) is 47.9 Å². The van der Waals surface area contributed by atoms with Crippen molar-refractivity contribution >= 4 is 21.6 Å². The number of rotatable bonds is 5. The molecule has 3 aromatic rings. The normalized spacial score (nSPS) is 11.1. The smallest absolute Gasteiger partial charge is 0.261 e. The van der Waals surface area contributed by atoms with Crippen LogP contribution < -0.4 is 4.72 Å². The van der Waals surface area contributed by atoms with E-state index in [1.54, 1.807) is 63.5 Å². The Morgan fingerprint density at radius 1 is 0.857 bits per heavy atom. The predicted octanol–water partition coefficient (Wildman–Crippen LogP) is 4.16.